The van der Waals surface area contributed by atoms with E-state index in [0.717, 1.165) is 23.1 Å². The standard InChI is InChI=1S/C25H26Cl2F3N3O2/c1-14(2)4-5-31-23(34)21-7-17-13-33(12-16(17)6-15(21)3)22-11-24(35-32-22,25(28,29)30)18-8-19(26)10-20(27)9-18/h6-10,14H,4-5,11-13H2,1-3H3,(H,31,34). The number of hydrogen-bond acceptors (Lipinski definition) is 4. The molecule has 0 bridgehead atoms. The highest BCUT2D eigenvalue weighted by molar-refractivity contribution is 6.34. The van der Waals surface area contributed by atoms with Crippen molar-refractivity contribution >= 4 is 34.9 Å². The summed E-state index contributed by atoms with van der Waals surface area (Å²) >= 11 is 12.0. The van der Waals surface area contributed by atoms with Crippen molar-refractivity contribution in [1.29, 1.82) is 0 Å². The number of rotatable bonds is 5. The molecule has 1 atom stereocenters. The van der Waals surface area contributed by atoms with E-state index in [1.807, 2.05) is 19.1 Å². The molecule has 0 spiro atoms. The maximum Gasteiger partial charge on any atom is 0.435 e. The van der Waals surface area contributed by atoms with Gasteiger partial charge in [0.25, 0.3) is 11.5 Å². The molecule has 2 aromatic carbocycles. The van der Waals surface area contributed by atoms with Crippen molar-refractivity contribution in [3.05, 3.63) is 68.2 Å². The molecule has 2 aliphatic heterocycles. The van der Waals surface area contributed by atoms with Crippen LogP contribution in [0, 0.1) is 12.8 Å². The molecule has 0 saturated carbocycles. The number of oxime groups is 1. The Labute approximate surface area is 212 Å². The van der Waals surface area contributed by atoms with Crippen LogP contribution in [-0.2, 0) is 23.5 Å². The van der Waals surface area contributed by atoms with Gasteiger partial charge >= 0.3 is 6.18 Å². The lowest BCUT2D eigenvalue weighted by atomic mass is 9.89. The largest absolute Gasteiger partial charge is 0.435 e. The zero-order chi connectivity index (χ0) is 25.5. The molecule has 188 valence electrons. The third-order valence-corrected chi connectivity index (χ3v) is 6.82. The van der Waals surface area contributed by atoms with Crippen molar-refractivity contribution in [2.45, 2.75) is 58.5 Å². The number of nitrogens with one attached hydrogen (secondary N) is 1. The molecule has 0 aliphatic carbocycles. The van der Waals surface area contributed by atoms with Gasteiger partial charge in [-0.25, -0.2) is 0 Å². The van der Waals surface area contributed by atoms with Crippen LogP contribution in [0.5, 0.6) is 0 Å². The Morgan fingerprint density at radius 3 is 2.37 bits per heavy atom. The number of carbonyl (C=O) groups is 1. The molecular formula is C25H26Cl2F3N3O2. The van der Waals surface area contributed by atoms with Crippen LogP contribution in [-0.4, -0.2) is 29.4 Å². The van der Waals surface area contributed by atoms with Gasteiger partial charge in [-0.2, -0.15) is 13.2 Å². The number of alkyl halides is 3. The van der Waals surface area contributed by atoms with Gasteiger partial charge in [-0.1, -0.05) is 48.3 Å². The molecule has 5 nitrogen and oxygen atoms in total. The van der Waals surface area contributed by atoms with Crippen LogP contribution in [0.25, 0.3) is 0 Å². The molecular weight excluding hydrogens is 502 g/mol. The van der Waals surface area contributed by atoms with Gasteiger partial charge in [0, 0.05) is 40.8 Å². The average molecular weight is 528 g/mol. The summed E-state index contributed by atoms with van der Waals surface area (Å²) in [5.74, 6) is 0.501. The van der Waals surface area contributed by atoms with Gasteiger partial charge in [0.15, 0.2) is 0 Å². The zero-order valence-corrected chi connectivity index (χ0v) is 21.1. The fourth-order valence-corrected chi connectivity index (χ4v) is 4.94. The highest BCUT2D eigenvalue weighted by Gasteiger charge is 2.63. The van der Waals surface area contributed by atoms with E-state index in [-0.39, 0.29) is 27.4 Å². The molecule has 1 amide bonds. The normalized spacial score (nSPS) is 19.6. The minimum Gasteiger partial charge on any atom is -0.372 e. The molecule has 0 radical (unpaired) electrons. The SMILES string of the molecule is Cc1cc2c(cc1C(=O)NCCC(C)C)CN(C1=NOC(c3cc(Cl)cc(Cl)c3)(C(F)(F)F)C1)C2. The summed E-state index contributed by atoms with van der Waals surface area (Å²) in [6.45, 7) is 7.32. The number of carbonyl (C=O) groups excluding carboxylic acids is 1. The van der Waals surface area contributed by atoms with Crippen LogP contribution >= 0.6 is 23.2 Å². The number of fused-ring (bicyclic) bond motifs is 1. The van der Waals surface area contributed by atoms with Crippen molar-refractivity contribution < 1.29 is 22.8 Å². The number of aryl methyl sites for hydroxylation is 1. The van der Waals surface area contributed by atoms with Crippen LogP contribution in [0.4, 0.5) is 13.2 Å². The summed E-state index contributed by atoms with van der Waals surface area (Å²) < 4.78 is 42.9. The minimum absolute atomic E-state index is 0.0800. The van der Waals surface area contributed by atoms with E-state index in [1.54, 1.807) is 4.90 Å². The van der Waals surface area contributed by atoms with E-state index in [1.165, 1.54) is 18.2 Å². The fourth-order valence-electron chi connectivity index (χ4n) is 4.42. The Balaban J connectivity index is 1.53. The average Bonchev–Trinajstić information content (AvgIpc) is 3.36. The molecule has 35 heavy (non-hydrogen) atoms. The smallest absolute Gasteiger partial charge is 0.372 e. The van der Waals surface area contributed by atoms with Crippen molar-refractivity contribution in [2.75, 3.05) is 6.54 Å². The second kappa shape index (κ2) is 9.54. The summed E-state index contributed by atoms with van der Waals surface area (Å²) in [4.78, 5) is 19.5. The summed E-state index contributed by atoms with van der Waals surface area (Å²) in [6.07, 6.45) is -4.39. The first kappa shape index (κ1) is 25.6. The zero-order valence-electron chi connectivity index (χ0n) is 19.6. The molecule has 1 N–H and O–H groups in total. The Kier molecular flexibility index (Phi) is 6.99. The predicted molar refractivity (Wildman–Crippen MR) is 130 cm³/mol. The third kappa shape index (κ3) is 5.09. The highest BCUT2D eigenvalue weighted by Crippen LogP contribution is 2.50. The van der Waals surface area contributed by atoms with Gasteiger partial charge in [0.2, 0.25) is 0 Å². The van der Waals surface area contributed by atoms with Crippen molar-refractivity contribution in [3.8, 4) is 0 Å². The Bertz CT molecular complexity index is 1160. The second-order valence-electron chi connectivity index (χ2n) is 9.49. The fraction of sp³-hybridized carbons (Fsp3) is 0.440. The van der Waals surface area contributed by atoms with Crippen molar-refractivity contribution in [2.24, 2.45) is 11.1 Å². The van der Waals surface area contributed by atoms with Gasteiger partial charge < -0.3 is 15.1 Å². The van der Waals surface area contributed by atoms with Crippen LogP contribution in [0.1, 0.15) is 59.3 Å². The first-order valence-electron chi connectivity index (χ1n) is 11.3. The van der Waals surface area contributed by atoms with E-state index in [4.69, 9.17) is 28.0 Å². The van der Waals surface area contributed by atoms with Gasteiger partial charge in [0.1, 0.15) is 5.84 Å². The van der Waals surface area contributed by atoms with Gasteiger partial charge in [0.05, 0.1) is 6.42 Å². The topological polar surface area (TPSA) is 53.9 Å². The number of hydrogen-bond donors (Lipinski definition) is 1. The number of amidine groups is 1. The van der Waals surface area contributed by atoms with Gasteiger partial charge in [-0.15, -0.1) is 0 Å². The number of nitrogens with zero attached hydrogens (tertiary/aromatic N) is 2. The maximum atomic E-state index is 14.3. The Morgan fingerprint density at radius 2 is 1.77 bits per heavy atom. The van der Waals surface area contributed by atoms with E-state index in [9.17, 15) is 18.0 Å². The second-order valence-corrected chi connectivity index (χ2v) is 10.4. The Hall–Kier alpha value is -2.45. The van der Waals surface area contributed by atoms with Crippen molar-refractivity contribution in [3.63, 3.8) is 0 Å². The van der Waals surface area contributed by atoms with E-state index in [2.05, 4.69) is 24.3 Å². The molecule has 1 unspecified atom stereocenters. The lowest BCUT2D eigenvalue weighted by Gasteiger charge is -2.30. The van der Waals surface area contributed by atoms with Crippen LogP contribution < -0.4 is 5.32 Å². The summed E-state index contributed by atoms with van der Waals surface area (Å²) in [5, 5.41) is 6.95. The lowest BCUT2D eigenvalue weighted by Crippen LogP contribution is -2.43. The molecule has 10 heteroatoms. The van der Waals surface area contributed by atoms with E-state index in [0.29, 0.717) is 31.1 Å². The summed E-state index contributed by atoms with van der Waals surface area (Å²) in [7, 11) is 0. The summed E-state index contributed by atoms with van der Waals surface area (Å²) in [5.41, 5.74) is 0.326. The van der Waals surface area contributed by atoms with Gasteiger partial charge in [-0.3, -0.25) is 4.79 Å². The van der Waals surface area contributed by atoms with Crippen molar-refractivity contribution in [1.82, 2.24) is 10.2 Å². The Morgan fingerprint density at radius 1 is 1.14 bits per heavy atom. The molecule has 0 saturated heterocycles. The maximum absolute atomic E-state index is 14.3. The highest BCUT2D eigenvalue weighted by atomic mass is 35.5. The first-order chi connectivity index (χ1) is 16.4. The monoisotopic (exact) mass is 527 g/mol. The van der Waals surface area contributed by atoms with E-state index >= 15 is 0 Å². The molecule has 2 aliphatic rings. The molecule has 0 aromatic heterocycles. The molecule has 4 rings (SSSR count). The number of benzene rings is 2. The molecule has 2 heterocycles. The first-order valence-corrected chi connectivity index (χ1v) is 12.1. The molecule has 0 fully saturated rings. The lowest BCUT2D eigenvalue weighted by molar-refractivity contribution is -0.275. The van der Waals surface area contributed by atoms with E-state index < -0.39 is 18.2 Å². The quantitative estimate of drug-likeness (QED) is 0.477. The number of halogens is 5. The van der Waals surface area contributed by atoms with Crippen LogP contribution in [0.3, 0.4) is 0 Å². The third-order valence-electron chi connectivity index (χ3n) is 6.39. The van der Waals surface area contributed by atoms with Crippen LogP contribution in [0.2, 0.25) is 10.0 Å². The predicted octanol–water partition coefficient (Wildman–Crippen LogP) is 6.58. The van der Waals surface area contributed by atoms with Crippen LogP contribution in [0.15, 0.2) is 35.5 Å². The van der Waals surface area contributed by atoms with Gasteiger partial charge in [-0.05, 0) is 60.2 Å². The summed E-state index contributed by atoms with van der Waals surface area (Å²) in [6, 6.07) is 7.50. The minimum atomic E-state index is -4.75. The molecule has 2 aromatic rings. The number of amides is 1.